The number of furan rings is 1. The standard InChI is InChI=1S/C29H25ClFN3O4S/c1-37-21-11-3-17(4-12-21)16-34(39(2,35)36)24-14-25-23(13-22(24)18-5-6-18)27(29-32-15-26(30)33-29)28(38-25)19-7-9-20(31)10-8-19/h3-4,7-15,18H,5-6,16H2,1-2H3,(H,32,33). The molecule has 5 aromatic rings. The third-order valence-corrected chi connectivity index (χ3v) is 8.22. The SMILES string of the molecule is COc1ccc(CN(c2cc3oc(-c4ccc(F)cc4)c(-c4ncc(Cl)[nH]4)c3cc2C2CC2)S(C)(=O)=O)cc1. The fourth-order valence-corrected chi connectivity index (χ4v) is 5.87. The highest BCUT2D eigenvalue weighted by molar-refractivity contribution is 7.92. The van der Waals surface area contributed by atoms with Gasteiger partial charge in [0.1, 0.15) is 33.9 Å². The third kappa shape index (κ3) is 4.99. The van der Waals surface area contributed by atoms with Crippen LogP contribution in [0.2, 0.25) is 5.15 Å². The Hall–Kier alpha value is -3.82. The molecule has 0 amide bonds. The highest BCUT2D eigenvalue weighted by atomic mass is 35.5. The molecule has 0 atom stereocenters. The number of rotatable bonds is 8. The quantitative estimate of drug-likeness (QED) is 0.216. The zero-order chi connectivity index (χ0) is 27.3. The first-order valence-corrected chi connectivity index (χ1v) is 14.6. The van der Waals surface area contributed by atoms with Gasteiger partial charge in [0.2, 0.25) is 10.0 Å². The van der Waals surface area contributed by atoms with Crippen LogP contribution in [0.5, 0.6) is 5.75 Å². The Morgan fingerprint density at radius 2 is 1.85 bits per heavy atom. The van der Waals surface area contributed by atoms with Crippen LogP contribution in [0, 0.1) is 5.82 Å². The van der Waals surface area contributed by atoms with E-state index in [0.717, 1.165) is 29.4 Å². The number of aromatic nitrogens is 2. The summed E-state index contributed by atoms with van der Waals surface area (Å²) in [5, 5.41) is 1.13. The van der Waals surface area contributed by atoms with Gasteiger partial charge >= 0.3 is 0 Å². The van der Waals surface area contributed by atoms with Crippen LogP contribution in [-0.4, -0.2) is 31.8 Å². The van der Waals surface area contributed by atoms with Crippen molar-refractivity contribution >= 4 is 38.3 Å². The minimum atomic E-state index is -3.66. The number of anilines is 1. The second-order valence-corrected chi connectivity index (χ2v) is 12.0. The summed E-state index contributed by atoms with van der Waals surface area (Å²) < 4.78 is 53.0. The summed E-state index contributed by atoms with van der Waals surface area (Å²) in [6, 6.07) is 17.1. The molecule has 0 bridgehead atoms. The Bertz CT molecular complexity index is 1780. The Kier molecular flexibility index (Phi) is 6.35. The van der Waals surface area contributed by atoms with Crippen molar-refractivity contribution in [3.05, 3.63) is 89.0 Å². The highest BCUT2D eigenvalue weighted by Crippen LogP contribution is 2.49. The van der Waals surface area contributed by atoms with E-state index in [1.54, 1.807) is 25.3 Å². The Morgan fingerprint density at radius 3 is 2.44 bits per heavy atom. The summed E-state index contributed by atoms with van der Waals surface area (Å²) in [5.74, 6) is 1.54. The van der Waals surface area contributed by atoms with Crippen molar-refractivity contribution in [3.63, 3.8) is 0 Å². The molecule has 1 aliphatic carbocycles. The zero-order valence-electron chi connectivity index (χ0n) is 21.2. The summed E-state index contributed by atoms with van der Waals surface area (Å²) in [7, 11) is -2.07. The topological polar surface area (TPSA) is 88.4 Å². The van der Waals surface area contributed by atoms with Gasteiger partial charge in [0, 0.05) is 17.0 Å². The molecule has 0 saturated heterocycles. The van der Waals surface area contributed by atoms with Gasteiger partial charge < -0.3 is 14.1 Å². The third-order valence-electron chi connectivity index (χ3n) is 6.90. The number of nitrogens with one attached hydrogen (secondary N) is 1. The first-order valence-electron chi connectivity index (χ1n) is 12.4. The van der Waals surface area contributed by atoms with Crippen molar-refractivity contribution < 1.29 is 22.0 Å². The van der Waals surface area contributed by atoms with Crippen molar-refractivity contribution in [2.24, 2.45) is 0 Å². The largest absolute Gasteiger partial charge is 0.497 e. The van der Waals surface area contributed by atoms with Gasteiger partial charge in [-0.05, 0) is 72.4 Å². The van der Waals surface area contributed by atoms with Crippen LogP contribution in [-0.2, 0) is 16.6 Å². The fourth-order valence-electron chi connectivity index (χ4n) is 4.83. The second kappa shape index (κ2) is 9.73. The van der Waals surface area contributed by atoms with Gasteiger partial charge in [0.15, 0.2) is 0 Å². The molecule has 200 valence electrons. The van der Waals surface area contributed by atoms with Gasteiger partial charge in [0.05, 0.1) is 37.4 Å². The molecule has 1 fully saturated rings. The van der Waals surface area contributed by atoms with Crippen LogP contribution in [0.3, 0.4) is 0 Å². The Morgan fingerprint density at radius 1 is 1.13 bits per heavy atom. The lowest BCUT2D eigenvalue weighted by atomic mass is 10.0. The summed E-state index contributed by atoms with van der Waals surface area (Å²) >= 11 is 6.17. The molecule has 0 unspecified atom stereocenters. The second-order valence-electron chi connectivity index (χ2n) is 9.69. The smallest absolute Gasteiger partial charge is 0.232 e. The van der Waals surface area contributed by atoms with E-state index >= 15 is 0 Å². The van der Waals surface area contributed by atoms with E-state index in [0.29, 0.717) is 44.9 Å². The van der Waals surface area contributed by atoms with E-state index < -0.39 is 10.0 Å². The molecule has 3 aromatic carbocycles. The lowest BCUT2D eigenvalue weighted by molar-refractivity contribution is 0.414. The van der Waals surface area contributed by atoms with E-state index in [9.17, 15) is 12.8 Å². The summed E-state index contributed by atoms with van der Waals surface area (Å²) in [6.45, 7) is 0.153. The predicted molar refractivity (Wildman–Crippen MR) is 150 cm³/mol. The number of halogens is 2. The lowest BCUT2D eigenvalue weighted by Gasteiger charge is -2.25. The number of ether oxygens (including phenoxy) is 1. The monoisotopic (exact) mass is 565 g/mol. The number of methoxy groups -OCH3 is 1. The van der Waals surface area contributed by atoms with E-state index in [2.05, 4.69) is 9.97 Å². The van der Waals surface area contributed by atoms with Crippen molar-refractivity contribution in [1.82, 2.24) is 9.97 Å². The van der Waals surface area contributed by atoms with Gasteiger partial charge in [-0.1, -0.05) is 23.7 Å². The van der Waals surface area contributed by atoms with Crippen LogP contribution in [0.4, 0.5) is 10.1 Å². The maximum Gasteiger partial charge on any atom is 0.232 e. The van der Waals surface area contributed by atoms with Crippen molar-refractivity contribution in [3.8, 4) is 28.5 Å². The average molecular weight is 566 g/mol. The first kappa shape index (κ1) is 25.5. The molecule has 0 radical (unpaired) electrons. The van der Waals surface area contributed by atoms with E-state index in [-0.39, 0.29) is 18.3 Å². The lowest BCUT2D eigenvalue weighted by Crippen LogP contribution is -2.30. The van der Waals surface area contributed by atoms with Crippen molar-refractivity contribution in [1.29, 1.82) is 0 Å². The Labute approximate surface area is 230 Å². The minimum Gasteiger partial charge on any atom is -0.497 e. The first-order chi connectivity index (χ1) is 18.7. The number of H-pyrrole nitrogens is 1. The summed E-state index contributed by atoms with van der Waals surface area (Å²) in [6.07, 6.45) is 4.65. The minimum absolute atomic E-state index is 0.153. The van der Waals surface area contributed by atoms with Gasteiger partial charge in [-0.25, -0.2) is 17.8 Å². The Balaban J connectivity index is 1.56. The molecule has 1 saturated carbocycles. The number of hydrogen-bond acceptors (Lipinski definition) is 5. The fraction of sp³-hybridized carbons (Fsp3) is 0.207. The summed E-state index contributed by atoms with van der Waals surface area (Å²) in [4.78, 5) is 7.49. The van der Waals surface area contributed by atoms with E-state index in [1.807, 2.05) is 30.3 Å². The summed E-state index contributed by atoms with van der Waals surface area (Å²) in [5.41, 5.74) is 4.14. The van der Waals surface area contributed by atoms with E-state index in [1.165, 1.54) is 28.9 Å². The molecule has 10 heteroatoms. The predicted octanol–water partition coefficient (Wildman–Crippen LogP) is 7.13. The number of hydrogen-bond donors (Lipinski definition) is 1. The van der Waals surface area contributed by atoms with E-state index in [4.69, 9.17) is 20.8 Å². The van der Waals surface area contributed by atoms with Crippen LogP contribution < -0.4 is 9.04 Å². The number of imidazole rings is 1. The molecule has 7 nitrogen and oxygen atoms in total. The molecular weight excluding hydrogens is 541 g/mol. The molecule has 0 aliphatic heterocycles. The number of nitrogens with zero attached hydrogens (tertiary/aromatic N) is 2. The molecule has 2 aromatic heterocycles. The average Bonchev–Trinajstić information content (AvgIpc) is 3.57. The molecule has 1 aliphatic rings. The van der Waals surface area contributed by atoms with Gasteiger partial charge in [-0.2, -0.15) is 0 Å². The number of benzene rings is 3. The number of fused-ring (bicyclic) bond motifs is 1. The van der Waals surface area contributed by atoms with Crippen molar-refractivity contribution in [2.45, 2.75) is 25.3 Å². The van der Waals surface area contributed by atoms with Crippen LogP contribution >= 0.6 is 11.6 Å². The zero-order valence-corrected chi connectivity index (χ0v) is 22.8. The van der Waals surface area contributed by atoms with Gasteiger partial charge in [-0.3, -0.25) is 4.31 Å². The number of aromatic amines is 1. The molecule has 2 heterocycles. The molecule has 39 heavy (non-hydrogen) atoms. The van der Waals surface area contributed by atoms with Crippen LogP contribution in [0.25, 0.3) is 33.7 Å². The molecule has 0 spiro atoms. The maximum atomic E-state index is 13.7. The van der Waals surface area contributed by atoms with Crippen molar-refractivity contribution in [2.75, 3.05) is 17.7 Å². The molecular formula is C29H25ClFN3O4S. The molecule has 1 N–H and O–H groups in total. The number of sulfonamides is 1. The normalized spacial score (nSPS) is 13.6. The maximum absolute atomic E-state index is 13.7. The van der Waals surface area contributed by atoms with Crippen LogP contribution in [0.15, 0.2) is 71.3 Å². The van der Waals surface area contributed by atoms with Gasteiger partial charge in [0.25, 0.3) is 0 Å². The molecule has 6 rings (SSSR count). The van der Waals surface area contributed by atoms with Gasteiger partial charge in [-0.15, -0.1) is 0 Å². The van der Waals surface area contributed by atoms with Crippen LogP contribution in [0.1, 0.15) is 29.9 Å². The highest BCUT2D eigenvalue weighted by Gasteiger charge is 2.33.